The van der Waals surface area contributed by atoms with E-state index >= 15 is 0 Å². The summed E-state index contributed by atoms with van der Waals surface area (Å²) in [6.07, 6.45) is 10.8. The van der Waals surface area contributed by atoms with Crippen LogP contribution < -0.4 is 0 Å². The van der Waals surface area contributed by atoms with Crippen molar-refractivity contribution in [2.75, 3.05) is 6.61 Å². The highest BCUT2D eigenvalue weighted by Crippen LogP contribution is 2.21. The Morgan fingerprint density at radius 2 is 1.38 bits per heavy atom. The predicted molar refractivity (Wildman–Crippen MR) is 100.0 cm³/mol. The summed E-state index contributed by atoms with van der Waals surface area (Å²) in [6, 6.07) is 0. The predicted octanol–water partition coefficient (Wildman–Crippen LogP) is 3.63. The molecule has 1 aliphatic heterocycles. The van der Waals surface area contributed by atoms with E-state index in [4.69, 9.17) is 14.6 Å². The Morgan fingerprint density at radius 3 is 1.92 bits per heavy atom. The van der Waals surface area contributed by atoms with Gasteiger partial charge in [0.15, 0.2) is 6.29 Å². The Bertz CT molecular complexity index is 362. The number of carboxylic acids is 1. The molecule has 3 N–H and O–H groups in total. The van der Waals surface area contributed by atoms with Crippen LogP contribution in [0.1, 0.15) is 90.4 Å². The Labute approximate surface area is 157 Å². The average Bonchev–Trinajstić information content (AvgIpc) is 2.59. The van der Waals surface area contributed by atoms with Crippen molar-refractivity contribution in [3.8, 4) is 0 Å². The van der Waals surface area contributed by atoms with Gasteiger partial charge >= 0.3 is 5.97 Å². The SMILES string of the molecule is C[C@@H]1O[C@@H](OCCCCCCCCCCCCCC(=O)O)[C@H](O)C[C@H]1O. The minimum absolute atomic E-state index is 0.291. The van der Waals surface area contributed by atoms with Crippen molar-refractivity contribution in [2.24, 2.45) is 0 Å². The second-order valence-electron chi connectivity index (χ2n) is 7.48. The van der Waals surface area contributed by atoms with Crippen molar-refractivity contribution in [2.45, 2.75) is 115 Å². The van der Waals surface area contributed by atoms with E-state index in [1.54, 1.807) is 6.92 Å². The van der Waals surface area contributed by atoms with E-state index in [0.29, 0.717) is 19.4 Å². The minimum atomic E-state index is -0.745. The molecule has 0 aliphatic carbocycles. The van der Waals surface area contributed by atoms with Gasteiger partial charge < -0.3 is 24.8 Å². The maximum absolute atomic E-state index is 10.4. The van der Waals surface area contributed by atoms with Gasteiger partial charge in [-0.3, -0.25) is 4.79 Å². The first-order valence-corrected chi connectivity index (χ1v) is 10.4. The standard InChI is InChI=1S/C20H38O6/c1-16-17(21)15-18(22)20(26-16)25-14-12-10-8-6-4-2-3-5-7-9-11-13-19(23)24/h16-18,20-22H,2-15H2,1H3,(H,23,24)/t16-,17+,18+,20+/m0/s1. The van der Waals surface area contributed by atoms with Gasteiger partial charge in [-0.25, -0.2) is 0 Å². The third kappa shape index (κ3) is 11.1. The molecule has 1 heterocycles. The second-order valence-corrected chi connectivity index (χ2v) is 7.48. The lowest BCUT2D eigenvalue weighted by atomic mass is 10.0. The number of ether oxygens (including phenoxy) is 2. The molecule has 0 aromatic heterocycles. The molecule has 0 spiro atoms. The fraction of sp³-hybridized carbons (Fsp3) is 0.950. The van der Waals surface area contributed by atoms with Crippen LogP contribution in [-0.2, 0) is 14.3 Å². The summed E-state index contributed by atoms with van der Waals surface area (Å²) in [5.41, 5.74) is 0. The number of aliphatic hydroxyl groups excluding tert-OH is 2. The van der Waals surface area contributed by atoms with Gasteiger partial charge in [-0.15, -0.1) is 0 Å². The van der Waals surface area contributed by atoms with E-state index in [-0.39, 0.29) is 6.10 Å². The van der Waals surface area contributed by atoms with Crippen molar-refractivity contribution in [3.63, 3.8) is 0 Å². The summed E-state index contributed by atoms with van der Waals surface area (Å²) in [5.74, 6) is -0.689. The van der Waals surface area contributed by atoms with Crippen LogP contribution in [0.2, 0.25) is 0 Å². The zero-order valence-corrected chi connectivity index (χ0v) is 16.3. The largest absolute Gasteiger partial charge is 0.481 e. The first kappa shape index (κ1) is 23.3. The van der Waals surface area contributed by atoms with E-state index in [1.165, 1.54) is 38.5 Å². The van der Waals surface area contributed by atoms with Gasteiger partial charge in [0.25, 0.3) is 0 Å². The third-order valence-corrected chi connectivity index (χ3v) is 5.00. The molecule has 0 unspecified atom stereocenters. The molecule has 26 heavy (non-hydrogen) atoms. The number of hydrogen-bond donors (Lipinski definition) is 3. The summed E-state index contributed by atoms with van der Waals surface area (Å²) in [4.78, 5) is 10.4. The van der Waals surface area contributed by atoms with E-state index in [0.717, 1.165) is 32.1 Å². The van der Waals surface area contributed by atoms with Gasteiger partial charge in [0, 0.05) is 19.4 Å². The highest BCUT2D eigenvalue weighted by molar-refractivity contribution is 5.66. The van der Waals surface area contributed by atoms with Crippen molar-refractivity contribution in [1.82, 2.24) is 0 Å². The lowest BCUT2D eigenvalue weighted by Gasteiger charge is -2.35. The Balaban J connectivity index is 1.82. The van der Waals surface area contributed by atoms with Gasteiger partial charge in [0.1, 0.15) is 6.10 Å². The van der Waals surface area contributed by atoms with Crippen molar-refractivity contribution >= 4 is 5.97 Å². The molecule has 0 amide bonds. The van der Waals surface area contributed by atoms with Gasteiger partial charge in [0.05, 0.1) is 12.2 Å². The van der Waals surface area contributed by atoms with Crippen LogP contribution in [0.15, 0.2) is 0 Å². The number of carbonyl (C=O) groups is 1. The van der Waals surface area contributed by atoms with Crippen LogP contribution in [0.4, 0.5) is 0 Å². The van der Waals surface area contributed by atoms with Crippen LogP contribution in [-0.4, -0.2) is 52.5 Å². The molecular formula is C20H38O6. The fourth-order valence-electron chi connectivity index (χ4n) is 3.26. The van der Waals surface area contributed by atoms with Crippen LogP contribution in [0.3, 0.4) is 0 Å². The van der Waals surface area contributed by atoms with Crippen molar-refractivity contribution in [1.29, 1.82) is 0 Å². The molecule has 0 saturated carbocycles. The summed E-state index contributed by atoms with van der Waals surface area (Å²) >= 11 is 0. The molecule has 0 bridgehead atoms. The molecule has 1 aliphatic rings. The van der Waals surface area contributed by atoms with Gasteiger partial charge in [-0.05, 0) is 19.8 Å². The van der Waals surface area contributed by atoms with Gasteiger partial charge in [-0.2, -0.15) is 0 Å². The van der Waals surface area contributed by atoms with E-state index in [1.807, 2.05) is 0 Å². The lowest BCUT2D eigenvalue weighted by Crippen LogP contribution is -2.47. The molecule has 154 valence electrons. The summed E-state index contributed by atoms with van der Waals surface area (Å²) < 4.78 is 11.1. The molecule has 0 aromatic rings. The van der Waals surface area contributed by atoms with Crippen LogP contribution in [0.25, 0.3) is 0 Å². The van der Waals surface area contributed by atoms with Gasteiger partial charge in [-0.1, -0.05) is 57.8 Å². The maximum Gasteiger partial charge on any atom is 0.303 e. The molecule has 6 heteroatoms. The molecule has 1 fully saturated rings. The zero-order chi connectivity index (χ0) is 19.2. The second kappa shape index (κ2) is 14.4. The molecule has 6 nitrogen and oxygen atoms in total. The fourth-order valence-corrected chi connectivity index (χ4v) is 3.26. The normalized spacial score (nSPS) is 26.1. The third-order valence-electron chi connectivity index (χ3n) is 5.00. The van der Waals surface area contributed by atoms with Crippen molar-refractivity contribution < 1.29 is 29.6 Å². The minimum Gasteiger partial charge on any atom is -0.481 e. The van der Waals surface area contributed by atoms with Crippen LogP contribution >= 0.6 is 0 Å². The summed E-state index contributed by atoms with van der Waals surface area (Å²) in [7, 11) is 0. The van der Waals surface area contributed by atoms with Crippen LogP contribution in [0.5, 0.6) is 0 Å². The number of unbranched alkanes of at least 4 members (excludes halogenated alkanes) is 10. The first-order valence-electron chi connectivity index (χ1n) is 10.4. The zero-order valence-electron chi connectivity index (χ0n) is 16.3. The quantitative estimate of drug-likeness (QED) is 0.379. The maximum atomic E-state index is 10.4. The van der Waals surface area contributed by atoms with Crippen molar-refractivity contribution in [3.05, 3.63) is 0 Å². The number of rotatable bonds is 15. The van der Waals surface area contributed by atoms with E-state index < -0.39 is 24.5 Å². The van der Waals surface area contributed by atoms with E-state index in [9.17, 15) is 15.0 Å². The molecule has 1 saturated heterocycles. The molecule has 0 radical (unpaired) electrons. The number of hydrogen-bond acceptors (Lipinski definition) is 5. The molecule has 0 aromatic carbocycles. The Kier molecular flexibility index (Phi) is 12.9. The molecule has 1 rings (SSSR count). The number of carboxylic acid groups (broad SMARTS) is 1. The Morgan fingerprint density at radius 1 is 0.885 bits per heavy atom. The monoisotopic (exact) mass is 374 g/mol. The first-order chi connectivity index (χ1) is 12.5. The van der Waals surface area contributed by atoms with Gasteiger partial charge in [0.2, 0.25) is 0 Å². The average molecular weight is 375 g/mol. The van der Waals surface area contributed by atoms with Crippen LogP contribution in [0, 0.1) is 0 Å². The highest BCUT2D eigenvalue weighted by Gasteiger charge is 2.34. The smallest absolute Gasteiger partial charge is 0.303 e. The number of aliphatic hydroxyl groups is 2. The lowest BCUT2D eigenvalue weighted by molar-refractivity contribution is -0.261. The summed E-state index contributed by atoms with van der Waals surface area (Å²) in [6.45, 7) is 2.38. The van der Waals surface area contributed by atoms with E-state index in [2.05, 4.69) is 0 Å². The summed E-state index contributed by atoms with van der Waals surface area (Å²) in [5, 5.41) is 28.0. The highest BCUT2D eigenvalue weighted by atomic mass is 16.7. The number of aliphatic carboxylic acids is 1. The topological polar surface area (TPSA) is 96.2 Å². The molecule has 4 atom stereocenters. The Hall–Kier alpha value is -0.690. The molecular weight excluding hydrogens is 336 g/mol.